The molecule has 0 aliphatic heterocycles. The average molecular weight is 169 g/mol. The first-order valence-electron chi connectivity index (χ1n) is 3.07. The van der Waals surface area contributed by atoms with Crippen molar-refractivity contribution in [2.24, 2.45) is 0 Å². The Balaban J connectivity index is 3.23. The number of anilines is 1. The van der Waals surface area contributed by atoms with E-state index in [-0.39, 0.29) is 17.2 Å². The van der Waals surface area contributed by atoms with Crippen LogP contribution in [0.1, 0.15) is 12.0 Å². The third kappa shape index (κ3) is 1.48. The van der Waals surface area contributed by atoms with Crippen LogP contribution >= 0.6 is 0 Å². The number of pyridine rings is 1. The lowest BCUT2D eigenvalue weighted by atomic mass is 10.2. The topological polar surface area (TPSA) is 43.3 Å². The predicted molar refractivity (Wildman–Crippen MR) is 39.9 cm³/mol. The molecule has 0 fully saturated rings. The highest BCUT2D eigenvalue weighted by molar-refractivity contribution is 5.50. The Kier molecular flexibility index (Phi) is 2.19. The van der Waals surface area contributed by atoms with Crippen molar-refractivity contribution in [1.82, 2.24) is 4.98 Å². The number of hydrogen-bond donors (Lipinski definition) is 1. The number of nitrogens with two attached hydrogens (primary N) is 1. The molecule has 0 spiro atoms. The Bertz CT molecular complexity index is 330. The van der Waals surface area contributed by atoms with Crippen molar-refractivity contribution in [2.45, 2.75) is 6.43 Å². The number of halogens is 2. The molecule has 1 heterocycles. The normalized spacial score (nSPS) is 9.83. The summed E-state index contributed by atoms with van der Waals surface area (Å²) in [5, 5.41) is 0. The van der Waals surface area contributed by atoms with Crippen molar-refractivity contribution in [3.05, 3.63) is 29.1 Å². The number of rotatable bonds is 1. The molecule has 0 amide bonds. The molecule has 0 radical (unpaired) electrons. The summed E-state index contributed by atoms with van der Waals surface area (Å²) in [6.07, 6.45) is -2.68. The van der Waals surface area contributed by atoms with E-state index in [9.17, 15) is 8.78 Å². The van der Waals surface area contributed by atoms with E-state index in [1.807, 2.05) is 0 Å². The standard InChI is InChI=1S/C7H5F2N3/c1-11-7-4(6(8)9)2-3-5(10)12-7/h2-3,6H,(H2,10,12). The minimum Gasteiger partial charge on any atom is -0.364 e. The van der Waals surface area contributed by atoms with Crippen molar-refractivity contribution in [2.75, 3.05) is 5.73 Å². The van der Waals surface area contributed by atoms with Gasteiger partial charge in [0.15, 0.2) is 0 Å². The molecule has 1 aromatic rings. The molecule has 3 nitrogen and oxygen atoms in total. The molecule has 2 N–H and O–H groups in total. The van der Waals surface area contributed by atoms with Gasteiger partial charge in [0, 0.05) is 11.6 Å². The monoisotopic (exact) mass is 169 g/mol. The molecule has 0 bridgehead atoms. The number of nitrogen functional groups attached to an aromatic ring is 1. The third-order valence-electron chi connectivity index (χ3n) is 1.27. The minimum absolute atomic E-state index is 0.0744. The van der Waals surface area contributed by atoms with Gasteiger partial charge < -0.3 is 10.6 Å². The first-order chi connectivity index (χ1) is 5.65. The van der Waals surface area contributed by atoms with E-state index in [1.165, 1.54) is 6.07 Å². The van der Waals surface area contributed by atoms with Crippen LogP contribution in [0.4, 0.5) is 20.4 Å². The summed E-state index contributed by atoms with van der Waals surface area (Å²) in [5.74, 6) is -0.254. The molecule has 1 rings (SSSR count). The van der Waals surface area contributed by atoms with E-state index < -0.39 is 6.43 Å². The average Bonchev–Trinajstić information content (AvgIpc) is 2.03. The highest BCUT2D eigenvalue weighted by Crippen LogP contribution is 2.27. The molecule has 62 valence electrons. The number of nitrogens with zero attached hydrogens (tertiary/aromatic N) is 2. The molecule has 5 heteroatoms. The molecule has 0 aliphatic carbocycles. The smallest absolute Gasteiger partial charge is 0.280 e. The number of aromatic nitrogens is 1. The lowest BCUT2D eigenvalue weighted by Crippen LogP contribution is -1.92. The maximum absolute atomic E-state index is 12.1. The fourth-order valence-electron chi connectivity index (χ4n) is 0.734. The van der Waals surface area contributed by atoms with Gasteiger partial charge in [0.25, 0.3) is 12.2 Å². The highest BCUT2D eigenvalue weighted by Gasteiger charge is 2.14. The molecule has 0 saturated heterocycles. The van der Waals surface area contributed by atoms with Gasteiger partial charge in [0.1, 0.15) is 0 Å². The second-order valence-corrected chi connectivity index (χ2v) is 2.06. The van der Waals surface area contributed by atoms with Crippen LogP contribution < -0.4 is 5.73 Å². The summed E-state index contributed by atoms with van der Waals surface area (Å²) in [6, 6.07) is 2.36. The van der Waals surface area contributed by atoms with Gasteiger partial charge in [-0.05, 0) is 0 Å². The van der Waals surface area contributed by atoms with Crippen molar-refractivity contribution in [3.63, 3.8) is 0 Å². The van der Waals surface area contributed by atoms with Gasteiger partial charge in [-0.2, -0.15) is 0 Å². The summed E-state index contributed by atoms with van der Waals surface area (Å²) in [6.45, 7) is 6.55. The molecule has 0 unspecified atom stereocenters. The molecule has 1 aromatic heterocycles. The maximum Gasteiger partial charge on any atom is 0.280 e. The van der Waals surface area contributed by atoms with Gasteiger partial charge in [-0.15, -0.1) is 4.98 Å². The quantitative estimate of drug-likeness (QED) is 0.654. The van der Waals surface area contributed by atoms with Crippen molar-refractivity contribution < 1.29 is 8.78 Å². The van der Waals surface area contributed by atoms with E-state index in [0.29, 0.717) is 0 Å². The number of alkyl halides is 2. The second kappa shape index (κ2) is 3.13. The second-order valence-electron chi connectivity index (χ2n) is 2.06. The fourth-order valence-corrected chi connectivity index (χ4v) is 0.734. The van der Waals surface area contributed by atoms with E-state index in [2.05, 4.69) is 9.83 Å². The van der Waals surface area contributed by atoms with Gasteiger partial charge in [-0.3, -0.25) is 0 Å². The van der Waals surface area contributed by atoms with Crippen LogP contribution in [0.3, 0.4) is 0 Å². The van der Waals surface area contributed by atoms with Crippen molar-refractivity contribution in [1.29, 1.82) is 0 Å². The Labute approximate surface area is 67.7 Å². The van der Waals surface area contributed by atoms with Crippen LogP contribution in [0.25, 0.3) is 4.85 Å². The SMILES string of the molecule is [C-]#[N+]c1nc(N)ccc1C(F)F. The zero-order valence-electron chi connectivity index (χ0n) is 5.96. The highest BCUT2D eigenvalue weighted by atomic mass is 19.3. The number of hydrogen-bond acceptors (Lipinski definition) is 2. The van der Waals surface area contributed by atoms with Crippen LogP contribution in [-0.2, 0) is 0 Å². The molecular weight excluding hydrogens is 164 g/mol. The van der Waals surface area contributed by atoms with E-state index >= 15 is 0 Å². The van der Waals surface area contributed by atoms with E-state index in [1.54, 1.807) is 0 Å². The Morgan fingerprint density at radius 3 is 2.67 bits per heavy atom. The van der Waals surface area contributed by atoms with Gasteiger partial charge in [-0.1, -0.05) is 12.6 Å². The molecule has 12 heavy (non-hydrogen) atoms. The summed E-state index contributed by atoms with van der Waals surface area (Å²) >= 11 is 0. The van der Waals surface area contributed by atoms with Crippen LogP contribution in [0.5, 0.6) is 0 Å². The van der Waals surface area contributed by atoms with Gasteiger partial charge in [0.05, 0.1) is 0 Å². The lowest BCUT2D eigenvalue weighted by Gasteiger charge is -2.00. The Hall–Kier alpha value is -1.70. The molecular formula is C7H5F2N3. The fraction of sp³-hybridized carbons (Fsp3) is 0.143. The minimum atomic E-state index is -2.68. The van der Waals surface area contributed by atoms with Gasteiger partial charge >= 0.3 is 0 Å². The van der Waals surface area contributed by atoms with E-state index in [4.69, 9.17) is 12.3 Å². The first kappa shape index (κ1) is 8.40. The molecule has 0 saturated carbocycles. The first-order valence-corrected chi connectivity index (χ1v) is 3.07. The zero-order chi connectivity index (χ0) is 9.14. The molecule has 0 aliphatic rings. The van der Waals surface area contributed by atoms with Crippen LogP contribution in [0.2, 0.25) is 0 Å². The Morgan fingerprint density at radius 2 is 2.17 bits per heavy atom. The van der Waals surface area contributed by atoms with E-state index in [0.717, 1.165) is 6.07 Å². The summed E-state index contributed by atoms with van der Waals surface area (Å²) in [4.78, 5) is 6.29. The zero-order valence-corrected chi connectivity index (χ0v) is 5.96. The van der Waals surface area contributed by atoms with Gasteiger partial charge in [-0.25, -0.2) is 8.78 Å². The summed E-state index contributed by atoms with van der Waals surface area (Å²) in [7, 11) is 0. The maximum atomic E-state index is 12.1. The lowest BCUT2D eigenvalue weighted by molar-refractivity contribution is 0.152. The summed E-state index contributed by atoms with van der Waals surface area (Å²) in [5.41, 5.74) is 4.83. The summed E-state index contributed by atoms with van der Waals surface area (Å²) < 4.78 is 24.2. The van der Waals surface area contributed by atoms with Crippen LogP contribution in [0, 0.1) is 6.57 Å². The largest absolute Gasteiger partial charge is 0.364 e. The van der Waals surface area contributed by atoms with Crippen molar-refractivity contribution >= 4 is 11.6 Å². The third-order valence-corrected chi connectivity index (χ3v) is 1.27. The molecule has 0 aromatic carbocycles. The van der Waals surface area contributed by atoms with Crippen LogP contribution in [-0.4, -0.2) is 4.98 Å². The molecule has 0 atom stereocenters. The van der Waals surface area contributed by atoms with Crippen molar-refractivity contribution in [3.8, 4) is 0 Å². The van der Waals surface area contributed by atoms with Crippen LogP contribution in [0.15, 0.2) is 12.1 Å². The predicted octanol–water partition coefficient (Wildman–Crippen LogP) is 2.15. The Morgan fingerprint density at radius 1 is 1.50 bits per heavy atom. The van der Waals surface area contributed by atoms with Gasteiger partial charge in [0.2, 0.25) is 5.82 Å².